The van der Waals surface area contributed by atoms with Gasteiger partial charge in [-0.1, -0.05) is 0 Å². The largest absolute Gasteiger partial charge is 0.460 e. The first-order valence-corrected chi connectivity index (χ1v) is 7.64. The van der Waals surface area contributed by atoms with Crippen LogP contribution >= 0.6 is 0 Å². The van der Waals surface area contributed by atoms with Crippen LogP contribution in [-0.2, 0) is 23.8 Å². The van der Waals surface area contributed by atoms with Crippen molar-refractivity contribution >= 4 is 11.9 Å². The fraction of sp³-hybridized carbons (Fsp3) is 0.867. The van der Waals surface area contributed by atoms with Gasteiger partial charge in [-0.05, 0) is 27.8 Å². The molecular formula is C15H30N2O5. The highest BCUT2D eigenvalue weighted by Crippen LogP contribution is 2.08. The molecule has 0 aliphatic rings. The Balaban J connectivity index is 3.41. The molecule has 0 unspecified atom stereocenters. The summed E-state index contributed by atoms with van der Waals surface area (Å²) in [6.07, 6.45) is 0.214. The highest BCUT2D eigenvalue weighted by Gasteiger charge is 2.16. The minimum absolute atomic E-state index is 0.0866. The van der Waals surface area contributed by atoms with Gasteiger partial charge in [-0.25, -0.2) is 0 Å². The summed E-state index contributed by atoms with van der Waals surface area (Å²) in [6, 6.07) is 0. The van der Waals surface area contributed by atoms with E-state index in [4.69, 9.17) is 14.2 Å². The number of ether oxygens (including phenoxy) is 3. The van der Waals surface area contributed by atoms with E-state index in [1.54, 1.807) is 20.8 Å². The molecule has 0 spiro atoms. The normalized spacial score (nSPS) is 11.3. The fourth-order valence-electron chi connectivity index (χ4n) is 1.46. The van der Waals surface area contributed by atoms with E-state index >= 15 is 0 Å². The molecule has 7 heteroatoms. The molecule has 0 aliphatic heterocycles. The van der Waals surface area contributed by atoms with E-state index in [0.29, 0.717) is 33.0 Å². The average Bonchev–Trinajstić information content (AvgIpc) is 2.41. The lowest BCUT2D eigenvalue weighted by molar-refractivity contribution is -0.155. The van der Waals surface area contributed by atoms with Crippen LogP contribution in [0, 0.1) is 0 Å². The third kappa shape index (κ3) is 15.2. The number of amides is 1. The van der Waals surface area contributed by atoms with Crippen molar-refractivity contribution in [2.75, 3.05) is 46.6 Å². The van der Waals surface area contributed by atoms with Gasteiger partial charge in [-0.3, -0.25) is 9.59 Å². The maximum atomic E-state index is 11.5. The van der Waals surface area contributed by atoms with Crippen LogP contribution in [0.3, 0.4) is 0 Å². The maximum absolute atomic E-state index is 11.5. The standard InChI is InChI=1S/C15H30N2O5/c1-15(2,3)22-14(19)6-5-13(18)17-8-10-21-12-11-20-9-7-16-4/h16H,5-12H2,1-4H3,(H,17,18). The summed E-state index contributed by atoms with van der Waals surface area (Å²) in [7, 11) is 1.87. The maximum Gasteiger partial charge on any atom is 0.306 e. The molecule has 7 nitrogen and oxygen atoms in total. The van der Waals surface area contributed by atoms with Crippen molar-refractivity contribution in [3.05, 3.63) is 0 Å². The van der Waals surface area contributed by atoms with E-state index in [1.165, 1.54) is 0 Å². The van der Waals surface area contributed by atoms with Crippen molar-refractivity contribution in [3.8, 4) is 0 Å². The molecule has 130 valence electrons. The van der Waals surface area contributed by atoms with Gasteiger partial charge in [0.05, 0.1) is 32.8 Å². The van der Waals surface area contributed by atoms with Crippen LogP contribution in [0.2, 0.25) is 0 Å². The van der Waals surface area contributed by atoms with Crippen LogP contribution in [0.15, 0.2) is 0 Å². The molecular weight excluding hydrogens is 288 g/mol. The Kier molecular flexibility index (Phi) is 11.7. The smallest absolute Gasteiger partial charge is 0.306 e. The number of nitrogens with one attached hydrogen (secondary N) is 2. The topological polar surface area (TPSA) is 85.9 Å². The number of esters is 1. The van der Waals surface area contributed by atoms with Gasteiger partial charge in [0.15, 0.2) is 0 Å². The SMILES string of the molecule is CNCCOCCOCCNC(=O)CCC(=O)OC(C)(C)C. The Bertz CT molecular complexity index is 316. The van der Waals surface area contributed by atoms with Crippen molar-refractivity contribution in [2.45, 2.75) is 39.2 Å². The number of hydrogen-bond acceptors (Lipinski definition) is 6. The Labute approximate surface area is 133 Å². The molecule has 0 saturated heterocycles. The minimum Gasteiger partial charge on any atom is -0.460 e. The zero-order valence-electron chi connectivity index (χ0n) is 14.2. The number of carbonyl (C=O) groups is 2. The zero-order chi connectivity index (χ0) is 16.8. The molecule has 0 radical (unpaired) electrons. The lowest BCUT2D eigenvalue weighted by atomic mass is 10.2. The summed E-state index contributed by atoms with van der Waals surface area (Å²) in [5, 5.41) is 5.67. The van der Waals surface area contributed by atoms with Gasteiger partial charge in [0.1, 0.15) is 5.60 Å². The first-order valence-electron chi connectivity index (χ1n) is 7.64. The summed E-state index contributed by atoms with van der Waals surface area (Å²) in [6.45, 7) is 8.73. The first kappa shape index (κ1) is 20.8. The summed E-state index contributed by atoms with van der Waals surface area (Å²) in [5.41, 5.74) is -0.517. The van der Waals surface area contributed by atoms with E-state index in [2.05, 4.69) is 10.6 Å². The number of rotatable bonds is 12. The molecule has 22 heavy (non-hydrogen) atoms. The lowest BCUT2D eigenvalue weighted by Crippen LogP contribution is -2.29. The van der Waals surface area contributed by atoms with Crippen molar-refractivity contribution in [1.82, 2.24) is 10.6 Å². The third-order valence-electron chi connectivity index (χ3n) is 2.41. The van der Waals surface area contributed by atoms with Crippen LogP contribution in [0.4, 0.5) is 0 Å². The van der Waals surface area contributed by atoms with Crippen LogP contribution in [0.1, 0.15) is 33.6 Å². The zero-order valence-corrected chi connectivity index (χ0v) is 14.2. The van der Waals surface area contributed by atoms with Crippen LogP contribution in [0.5, 0.6) is 0 Å². The predicted molar refractivity (Wildman–Crippen MR) is 83.7 cm³/mol. The van der Waals surface area contributed by atoms with Gasteiger partial charge in [0, 0.05) is 19.5 Å². The van der Waals surface area contributed by atoms with Gasteiger partial charge in [-0.15, -0.1) is 0 Å². The summed E-state index contributed by atoms with van der Waals surface area (Å²) in [5.74, 6) is -0.544. The van der Waals surface area contributed by atoms with Crippen molar-refractivity contribution in [2.24, 2.45) is 0 Å². The molecule has 0 aromatic carbocycles. The molecule has 0 aromatic rings. The number of hydrogen-bond donors (Lipinski definition) is 2. The van der Waals surface area contributed by atoms with Gasteiger partial charge in [0.2, 0.25) is 5.91 Å². The monoisotopic (exact) mass is 318 g/mol. The minimum atomic E-state index is -0.517. The predicted octanol–water partition coefficient (Wildman–Crippen LogP) is 0.477. The average molecular weight is 318 g/mol. The van der Waals surface area contributed by atoms with E-state index in [-0.39, 0.29) is 24.7 Å². The van der Waals surface area contributed by atoms with Crippen LogP contribution in [-0.4, -0.2) is 64.0 Å². The van der Waals surface area contributed by atoms with E-state index in [1.807, 2.05) is 7.05 Å². The molecule has 0 atom stereocenters. The highest BCUT2D eigenvalue weighted by atomic mass is 16.6. The van der Waals surface area contributed by atoms with Crippen molar-refractivity contribution in [1.29, 1.82) is 0 Å². The second-order valence-corrected chi connectivity index (χ2v) is 5.76. The molecule has 0 heterocycles. The number of carbonyl (C=O) groups excluding carboxylic acids is 2. The first-order chi connectivity index (χ1) is 10.3. The van der Waals surface area contributed by atoms with E-state index in [0.717, 1.165) is 6.54 Å². The molecule has 2 N–H and O–H groups in total. The van der Waals surface area contributed by atoms with Gasteiger partial charge >= 0.3 is 5.97 Å². The van der Waals surface area contributed by atoms with E-state index in [9.17, 15) is 9.59 Å². The summed E-state index contributed by atoms with van der Waals surface area (Å²) in [4.78, 5) is 23.0. The highest BCUT2D eigenvalue weighted by molar-refractivity contribution is 5.81. The molecule has 0 saturated carbocycles. The second kappa shape index (κ2) is 12.4. The quantitative estimate of drug-likeness (QED) is 0.402. The van der Waals surface area contributed by atoms with Crippen LogP contribution in [0.25, 0.3) is 0 Å². The molecule has 0 aliphatic carbocycles. The lowest BCUT2D eigenvalue weighted by Gasteiger charge is -2.19. The molecule has 0 bridgehead atoms. The molecule has 0 rings (SSSR count). The van der Waals surface area contributed by atoms with Crippen molar-refractivity contribution < 1.29 is 23.8 Å². The Morgan fingerprint density at radius 3 is 2.05 bits per heavy atom. The Morgan fingerprint density at radius 1 is 0.909 bits per heavy atom. The number of likely N-dealkylation sites (N-methyl/N-ethyl adjacent to an activating group) is 1. The fourth-order valence-corrected chi connectivity index (χ4v) is 1.46. The second-order valence-electron chi connectivity index (χ2n) is 5.76. The van der Waals surface area contributed by atoms with Crippen molar-refractivity contribution in [3.63, 3.8) is 0 Å². The van der Waals surface area contributed by atoms with Gasteiger partial charge in [0.25, 0.3) is 0 Å². The van der Waals surface area contributed by atoms with Gasteiger partial charge in [-0.2, -0.15) is 0 Å². The Morgan fingerprint density at radius 2 is 1.50 bits per heavy atom. The third-order valence-corrected chi connectivity index (χ3v) is 2.41. The molecule has 0 fully saturated rings. The molecule has 1 amide bonds. The summed E-state index contributed by atoms with van der Waals surface area (Å²) >= 11 is 0. The van der Waals surface area contributed by atoms with Crippen LogP contribution < -0.4 is 10.6 Å². The van der Waals surface area contributed by atoms with Gasteiger partial charge < -0.3 is 24.8 Å². The molecule has 0 aromatic heterocycles. The Hall–Kier alpha value is -1.18. The summed E-state index contributed by atoms with van der Waals surface area (Å²) < 4.78 is 15.7. The van der Waals surface area contributed by atoms with E-state index < -0.39 is 5.60 Å².